The molecular formula is C19H34O4. The minimum atomic E-state index is -0.348. The first-order chi connectivity index (χ1) is 10.5. The van der Waals surface area contributed by atoms with E-state index in [9.17, 15) is 9.59 Å². The van der Waals surface area contributed by atoms with Crippen molar-refractivity contribution in [2.75, 3.05) is 6.79 Å². The summed E-state index contributed by atoms with van der Waals surface area (Å²) in [4.78, 5) is 23.1. The van der Waals surface area contributed by atoms with Crippen LogP contribution in [0, 0.1) is 16.7 Å². The molecule has 0 N–H and O–H groups in total. The summed E-state index contributed by atoms with van der Waals surface area (Å²) in [5.41, 5.74) is 0.218. The zero-order valence-electron chi connectivity index (χ0n) is 15.9. The molecule has 0 radical (unpaired) electrons. The Kier molecular flexibility index (Phi) is 9.18. The number of carbonyl (C=O) groups is 2. The Balaban J connectivity index is 3.99. The molecule has 0 aromatic rings. The molecular weight excluding hydrogens is 292 g/mol. The molecule has 0 aliphatic rings. The highest BCUT2D eigenvalue weighted by atomic mass is 16.7. The molecule has 0 spiro atoms. The quantitative estimate of drug-likeness (QED) is 0.344. The molecule has 0 aliphatic heterocycles. The molecule has 0 bridgehead atoms. The third kappa shape index (κ3) is 8.77. The van der Waals surface area contributed by atoms with Crippen LogP contribution in [-0.2, 0) is 19.1 Å². The maximum Gasteiger partial charge on any atom is 0.311 e. The normalized spacial score (nSPS) is 13.9. The molecule has 0 aromatic carbocycles. The van der Waals surface area contributed by atoms with E-state index in [1.54, 1.807) is 0 Å². The monoisotopic (exact) mass is 326 g/mol. The van der Waals surface area contributed by atoms with E-state index in [2.05, 4.69) is 40.7 Å². The molecule has 23 heavy (non-hydrogen) atoms. The van der Waals surface area contributed by atoms with Gasteiger partial charge in [0.25, 0.3) is 0 Å². The van der Waals surface area contributed by atoms with Gasteiger partial charge in [-0.2, -0.15) is 0 Å². The summed E-state index contributed by atoms with van der Waals surface area (Å²) in [6.07, 6.45) is 6.78. The molecule has 0 heterocycles. The molecule has 1 unspecified atom stereocenters. The Morgan fingerprint density at radius 1 is 1.09 bits per heavy atom. The predicted molar refractivity (Wildman–Crippen MR) is 92.7 cm³/mol. The van der Waals surface area contributed by atoms with Gasteiger partial charge in [-0.05, 0) is 23.7 Å². The van der Waals surface area contributed by atoms with Gasteiger partial charge in [-0.3, -0.25) is 9.59 Å². The highest BCUT2D eigenvalue weighted by molar-refractivity contribution is 5.72. The molecule has 1 atom stereocenters. The first-order valence-corrected chi connectivity index (χ1v) is 8.51. The lowest BCUT2D eigenvalue weighted by Crippen LogP contribution is -2.27. The fraction of sp³-hybridized carbons (Fsp3) is 0.789. The van der Waals surface area contributed by atoms with Crippen LogP contribution in [0.5, 0.6) is 0 Å². The van der Waals surface area contributed by atoms with E-state index in [1.807, 2.05) is 19.9 Å². The smallest absolute Gasteiger partial charge is 0.311 e. The summed E-state index contributed by atoms with van der Waals surface area (Å²) in [7, 11) is 0. The Hall–Kier alpha value is -1.32. The molecule has 0 rings (SSSR count). The maximum atomic E-state index is 11.6. The number of ether oxygens (including phenoxy) is 2. The Labute approximate surface area is 141 Å². The van der Waals surface area contributed by atoms with Crippen molar-refractivity contribution in [2.45, 2.75) is 74.1 Å². The zero-order chi connectivity index (χ0) is 18.1. The van der Waals surface area contributed by atoms with E-state index in [1.165, 1.54) is 0 Å². The van der Waals surface area contributed by atoms with Crippen molar-refractivity contribution in [2.24, 2.45) is 16.7 Å². The lowest BCUT2D eigenvalue weighted by molar-refractivity contribution is -0.169. The summed E-state index contributed by atoms with van der Waals surface area (Å²) >= 11 is 0. The summed E-state index contributed by atoms with van der Waals surface area (Å²) in [6.45, 7) is 14.5. The van der Waals surface area contributed by atoms with E-state index >= 15 is 0 Å². The van der Waals surface area contributed by atoms with Crippen molar-refractivity contribution in [3.05, 3.63) is 12.2 Å². The van der Waals surface area contributed by atoms with Crippen molar-refractivity contribution in [3.8, 4) is 0 Å². The largest absolute Gasteiger partial charge is 0.428 e. The molecule has 4 heteroatoms. The zero-order valence-corrected chi connectivity index (χ0v) is 15.9. The Morgan fingerprint density at radius 3 is 2.22 bits per heavy atom. The summed E-state index contributed by atoms with van der Waals surface area (Å²) < 4.78 is 9.86. The number of allylic oxidation sites excluding steroid dienone is 2. The molecule has 0 aliphatic carbocycles. The fourth-order valence-corrected chi connectivity index (χ4v) is 1.75. The number of rotatable bonds is 9. The topological polar surface area (TPSA) is 52.6 Å². The van der Waals surface area contributed by atoms with E-state index < -0.39 is 0 Å². The minimum Gasteiger partial charge on any atom is -0.428 e. The maximum absolute atomic E-state index is 11.6. The van der Waals surface area contributed by atoms with Crippen LogP contribution in [-0.4, -0.2) is 18.7 Å². The molecule has 4 nitrogen and oxygen atoms in total. The van der Waals surface area contributed by atoms with Gasteiger partial charge >= 0.3 is 11.9 Å². The second-order valence-electron chi connectivity index (χ2n) is 7.70. The third-order valence-corrected chi connectivity index (χ3v) is 4.53. The van der Waals surface area contributed by atoms with Crippen LogP contribution < -0.4 is 0 Å². The average Bonchev–Trinajstić information content (AvgIpc) is 2.42. The molecule has 0 saturated heterocycles. The Bertz CT molecular complexity index is 402. The molecule has 0 aromatic heterocycles. The number of carbonyl (C=O) groups excluding carboxylic acids is 2. The average molecular weight is 326 g/mol. The highest BCUT2D eigenvalue weighted by Gasteiger charge is 2.29. The lowest BCUT2D eigenvalue weighted by Gasteiger charge is -2.36. The second kappa shape index (κ2) is 9.74. The molecule has 134 valence electrons. The predicted octanol–water partition coefficient (Wildman–Crippen LogP) is 4.88. The van der Waals surface area contributed by atoms with Gasteiger partial charge in [0.05, 0.1) is 5.92 Å². The van der Waals surface area contributed by atoms with Crippen molar-refractivity contribution in [1.82, 2.24) is 0 Å². The van der Waals surface area contributed by atoms with Gasteiger partial charge in [-0.15, -0.1) is 0 Å². The Morgan fingerprint density at radius 2 is 1.70 bits per heavy atom. The van der Waals surface area contributed by atoms with Crippen molar-refractivity contribution < 1.29 is 19.1 Å². The summed E-state index contributed by atoms with van der Waals surface area (Å²) in [5.74, 6) is -0.813. The molecule has 0 amide bonds. The standard InChI is InChI=1S/C19H34O4/c1-8-11-15(2)17(21)23-14-22-16(20)12-9-10-13-19(6,7)18(3,4)5/h10,13,15H,8-9,11-12,14H2,1-7H3/b13-10+. The first-order valence-electron chi connectivity index (χ1n) is 8.51. The first kappa shape index (κ1) is 21.7. The fourth-order valence-electron chi connectivity index (χ4n) is 1.75. The SMILES string of the molecule is CCCC(C)C(=O)OCOC(=O)CC/C=C/C(C)(C)C(C)(C)C. The van der Waals surface area contributed by atoms with Crippen molar-refractivity contribution >= 4 is 11.9 Å². The third-order valence-electron chi connectivity index (χ3n) is 4.53. The van der Waals surface area contributed by atoms with Gasteiger partial charge < -0.3 is 9.47 Å². The van der Waals surface area contributed by atoms with Crippen LogP contribution >= 0.6 is 0 Å². The van der Waals surface area contributed by atoms with Gasteiger partial charge in [-0.1, -0.05) is 67.0 Å². The van der Waals surface area contributed by atoms with Crippen LogP contribution in [0.3, 0.4) is 0 Å². The van der Waals surface area contributed by atoms with Gasteiger partial charge in [-0.25, -0.2) is 0 Å². The molecule has 0 saturated carbocycles. The van der Waals surface area contributed by atoms with Crippen LogP contribution in [0.2, 0.25) is 0 Å². The highest BCUT2D eigenvalue weighted by Crippen LogP contribution is 2.39. The summed E-state index contributed by atoms with van der Waals surface area (Å²) in [6, 6.07) is 0. The second-order valence-corrected chi connectivity index (χ2v) is 7.70. The number of hydrogen-bond donors (Lipinski definition) is 0. The summed E-state index contributed by atoms with van der Waals surface area (Å²) in [5, 5.41) is 0. The van der Waals surface area contributed by atoms with E-state index in [0.717, 1.165) is 12.8 Å². The van der Waals surface area contributed by atoms with E-state index in [4.69, 9.17) is 9.47 Å². The van der Waals surface area contributed by atoms with Crippen molar-refractivity contribution in [1.29, 1.82) is 0 Å². The number of hydrogen-bond acceptors (Lipinski definition) is 4. The van der Waals surface area contributed by atoms with E-state index in [0.29, 0.717) is 12.8 Å². The minimum absolute atomic E-state index is 0.0574. The number of esters is 2. The van der Waals surface area contributed by atoms with Gasteiger partial charge in [0, 0.05) is 6.42 Å². The van der Waals surface area contributed by atoms with Crippen LogP contribution in [0.25, 0.3) is 0 Å². The van der Waals surface area contributed by atoms with Gasteiger partial charge in [0.15, 0.2) is 0 Å². The van der Waals surface area contributed by atoms with E-state index in [-0.39, 0.29) is 35.5 Å². The van der Waals surface area contributed by atoms with Crippen LogP contribution in [0.15, 0.2) is 12.2 Å². The van der Waals surface area contributed by atoms with Crippen molar-refractivity contribution in [3.63, 3.8) is 0 Å². The van der Waals surface area contributed by atoms with Crippen LogP contribution in [0.1, 0.15) is 74.1 Å². The lowest BCUT2D eigenvalue weighted by atomic mass is 9.69. The van der Waals surface area contributed by atoms with Crippen LogP contribution in [0.4, 0.5) is 0 Å². The van der Waals surface area contributed by atoms with Gasteiger partial charge in [0.2, 0.25) is 6.79 Å². The molecule has 0 fully saturated rings. The van der Waals surface area contributed by atoms with Gasteiger partial charge in [0.1, 0.15) is 0 Å².